The van der Waals surface area contributed by atoms with Gasteiger partial charge in [-0.1, -0.05) is 23.2 Å². The van der Waals surface area contributed by atoms with Crippen molar-refractivity contribution >= 4 is 40.5 Å². The van der Waals surface area contributed by atoms with Crippen molar-refractivity contribution < 1.29 is 23.9 Å². The van der Waals surface area contributed by atoms with E-state index in [4.69, 9.17) is 32.7 Å². The lowest BCUT2D eigenvalue weighted by Crippen LogP contribution is -2.49. The molecule has 6 atom stereocenters. The quantitative estimate of drug-likeness (QED) is 0.567. The second-order valence-corrected chi connectivity index (χ2v) is 13.5. The van der Waals surface area contributed by atoms with Gasteiger partial charge in [0.1, 0.15) is 10.5 Å². The monoisotopic (exact) mass is 518 g/mol. The Morgan fingerprint density at radius 2 is 1.97 bits per heavy atom. The van der Waals surface area contributed by atoms with Crippen LogP contribution in [0.5, 0.6) is 5.75 Å². The lowest BCUT2D eigenvalue weighted by atomic mass is 9.84. The summed E-state index contributed by atoms with van der Waals surface area (Å²) in [5.41, 5.74) is 0.576. The number of benzene rings is 1. The predicted molar refractivity (Wildman–Crippen MR) is 129 cm³/mol. The lowest BCUT2D eigenvalue weighted by Gasteiger charge is -2.38. The molecule has 1 saturated carbocycles. The lowest BCUT2D eigenvalue weighted by molar-refractivity contribution is -0.161. The minimum Gasteiger partial charge on any atom is -0.598 e. The Balaban J connectivity index is 1.55. The molecule has 10 heteroatoms. The van der Waals surface area contributed by atoms with Crippen molar-refractivity contribution in [2.75, 3.05) is 13.2 Å². The number of phenolic OH excluding ortho intramolecular Hbond substituents is 1. The Morgan fingerprint density at radius 3 is 2.52 bits per heavy atom. The molecular weight excluding hydrogens is 487 g/mol. The minimum absolute atomic E-state index is 0.0160. The van der Waals surface area contributed by atoms with Gasteiger partial charge in [-0.15, -0.1) is 4.72 Å². The highest BCUT2D eigenvalue weighted by molar-refractivity contribution is 7.90. The van der Waals surface area contributed by atoms with E-state index in [9.17, 15) is 14.5 Å². The number of nitrogens with one attached hydrogen (secondary N) is 1. The van der Waals surface area contributed by atoms with Crippen LogP contribution in [0.4, 0.5) is 0 Å². The maximum atomic E-state index is 13.1. The Morgan fingerprint density at radius 1 is 1.30 bits per heavy atom. The van der Waals surface area contributed by atoms with Gasteiger partial charge in [-0.3, -0.25) is 4.79 Å². The third-order valence-corrected chi connectivity index (χ3v) is 9.09. The molecule has 1 aliphatic carbocycles. The van der Waals surface area contributed by atoms with Gasteiger partial charge in [0.2, 0.25) is 0 Å². The van der Waals surface area contributed by atoms with Crippen molar-refractivity contribution in [2.24, 2.45) is 11.8 Å². The molecule has 2 aliphatic heterocycles. The van der Waals surface area contributed by atoms with Crippen molar-refractivity contribution in [1.82, 2.24) is 9.62 Å². The number of fused-ring (bicyclic) bond motifs is 2. The van der Waals surface area contributed by atoms with Gasteiger partial charge in [-0.25, -0.2) is 0 Å². The summed E-state index contributed by atoms with van der Waals surface area (Å²) in [6.45, 7) is 10.2. The number of hydrogen-bond donors (Lipinski definition) is 2. The van der Waals surface area contributed by atoms with Crippen molar-refractivity contribution in [3.63, 3.8) is 0 Å². The number of aromatic hydroxyl groups is 1. The SMILES string of the molecule is CC1(C)OC[C@H](C(=O)N2CC3CC2CC3C(N[S+]([O-])C(C)(C)C)c2cc(Cl)c(Cl)cc2O)O1. The molecule has 5 unspecified atom stereocenters. The second-order valence-electron chi connectivity index (χ2n) is 10.7. The summed E-state index contributed by atoms with van der Waals surface area (Å²) in [5, 5.41) is 11.3. The average molecular weight is 519 g/mol. The van der Waals surface area contributed by atoms with Gasteiger partial charge < -0.3 is 24.0 Å². The molecule has 3 fully saturated rings. The molecule has 2 bridgehead atoms. The molecular formula is C23H32Cl2N2O5S. The number of likely N-dealkylation sites (tertiary alicyclic amines) is 1. The van der Waals surface area contributed by atoms with Crippen LogP contribution in [-0.2, 0) is 25.6 Å². The summed E-state index contributed by atoms with van der Waals surface area (Å²) in [7, 11) is 0. The predicted octanol–water partition coefficient (Wildman–Crippen LogP) is 4.18. The summed E-state index contributed by atoms with van der Waals surface area (Å²) in [5.74, 6) is -0.504. The number of piperidine rings is 1. The standard InChI is InChI=1S/C23H32Cl2N2O5S/c1-22(2,3)33(30)26-20(15-8-16(24)17(25)9-18(15)28)14-7-13-6-12(14)10-27(13)21(29)19-11-31-23(4,5)32-19/h8-9,12-14,19-20,26,28H,6-7,10-11H2,1-5H3/t12?,13?,14?,19-,20?,33?/m1/s1. The van der Waals surface area contributed by atoms with Crippen LogP contribution in [0.15, 0.2) is 12.1 Å². The number of ether oxygens (including phenoxy) is 2. The number of phenols is 1. The van der Waals surface area contributed by atoms with Gasteiger partial charge in [-0.05, 0) is 65.4 Å². The number of hydrogen-bond acceptors (Lipinski definition) is 6. The molecule has 0 spiro atoms. The summed E-state index contributed by atoms with van der Waals surface area (Å²) in [4.78, 5) is 15.0. The summed E-state index contributed by atoms with van der Waals surface area (Å²) in [6.07, 6.45) is 1.00. The molecule has 0 aromatic heterocycles. The highest BCUT2D eigenvalue weighted by Crippen LogP contribution is 2.50. The molecule has 1 aromatic rings. The van der Waals surface area contributed by atoms with Gasteiger partial charge in [-0.2, -0.15) is 0 Å². The number of rotatable bonds is 5. The minimum atomic E-state index is -1.37. The van der Waals surface area contributed by atoms with Gasteiger partial charge in [0, 0.05) is 35.6 Å². The number of carbonyl (C=O) groups excluding carboxylic acids is 1. The Bertz CT molecular complexity index is 925. The zero-order chi connectivity index (χ0) is 24.3. The van der Waals surface area contributed by atoms with E-state index in [2.05, 4.69) is 4.72 Å². The maximum Gasteiger partial charge on any atom is 0.254 e. The van der Waals surface area contributed by atoms with Crippen molar-refractivity contribution in [1.29, 1.82) is 0 Å². The van der Waals surface area contributed by atoms with Gasteiger partial charge >= 0.3 is 0 Å². The molecule has 184 valence electrons. The van der Waals surface area contributed by atoms with Crippen LogP contribution in [0.3, 0.4) is 0 Å². The smallest absolute Gasteiger partial charge is 0.254 e. The first-order valence-corrected chi connectivity index (χ1v) is 13.2. The first kappa shape index (κ1) is 25.4. The van der Waals surface area contributed by atoms with Crippen LogP contribution in [-0.4, -0.2) is 56.3 Å². The largest absolute Gasteiger partial charge is 0.598 e. The fourth-order valence-corrected chi connectivity index (χ4v) is 6.36. The van der Waals surface area contributed by atoms with Crippen molar-refractivity contribution in [2.45, 2.75) is 76.2 Å². The Kier molecular flexibility index (Phi) is 6.95. The van der Waals surface area contributed by atoms with Gasteiger partial charge in [0.25, 0.3) is 5.91 Å². The van der Waals surface area contributed by atoms with E-state index >= 15 is 0 Å². The first-order chi connectivity index (χ1) is 15.3. The van der Waals surface area contributed by atoms with Crippen molar-refractivity contribution in [3.8, 4) is 5.75 Å². The molecule has 1 amide bonds. The van der Waals surface area contributed by atoms with Crippen LogP contribution < -0.4 is 4.72 Å². The van der Waals surface area contributed by atoms with E-state index in [1.54, 1.807) is 6.07 Å². The topological polar surface area (TPSA) is 94.1 Å². The number of amides is 1. The molecule has 4 rings (SSSR count). The maximum absolute atomic E-state index is 13.1. The highest BCUT2D eigenvalue weighted by Gasteiger charge is 2.53. The fraction of sp³-hybridized carbons (Fsp3) is 0.696. The molecule has 2 saturated heterocycles. The van der Waals surface area contributed by atoms with E-state index < -0.39 is 34.0 Å². The Labute approximate surface area is 208 Å². The molecule has 3 aliphatic rings. The van der Waals surface area contributed by atoms with Crippen molar-refractivity contribution in [3.05, 3.63) is 27.7 Å². The molecule has 33 heavy (non-hydrogen) atoms. The number of halogens is 2. The van der Waals surface area contributed by atoms with E-state index in [0.29, 0.717) is 17.1 Å². The van der Waals surface area contributed by atoms with Gasteiger partial charge in [0.05, 0.1) is 22.7 Å². The zero-order valence-electron chi connectivity index (χ0n) is 19.6. The first-order valence-electron chi connectivity index (χ1n) is 11.2. The molecule has 2 heterocycles. The third kappa shape index (κ3) is 5.13. The highest BCUT2D eigenvalue weighted by atomic mass is 35.5. The van der Waals surface area contributed by atoms with E-state index in [-0.39, 0.29) is 41.2 Å². The third-order valence-electron chi connectivity index (χ3n) is 6.79. The normalized spacial score (nSPS) is 30.6. The molecule has 0 radical (unpaired) electrons. The van der Waals surface area contributed by atoms with Crippen LogP contribution in [0.2, 0.25) is 10.0 Å². The van der Waals surface area contributed by atoms with Crippen LogP contribution in [0, 0.1) is 11.8 Å². The molecule has 7 nitrogen and oxygen atoms in total. The van der Waals surface area contributed by atoms with Crippen LogP contribution in [0.25, 0.3) is 0 Å². The Hall–Kier alpha value is -0.740. The molecule has 2 N–H and O–H groups in total. The summed E-state index contributed by atoms with van der Waals surface area (Å²) < 4.78 is 27.2. The van der Waals surface area contributed by atoms with E-state index in [1.165, 1.54) is 6.07 Å². The summed E-state index contributed by atoms with van der Waals surface area (Å²) in [6, 6.07) is 2.75. The van der Waals surface area contributed by atoms with E-state index in [0.717, 1.165) is 12.8 Å². The van der Waals surface area contributed by atoms with Crippen LogP contribution in [0.1, 0.15) is 59.1 Å². The number of nitrogens with zero attached hydrogens (tertiary/aromatic N) is 1. The second kappa shape index (κ2) is 9.04. The zero-order valence-corrected chi connectivity index (χ0v) is 21.9. The fourth-order valence-electron chi connectivity index (χ4n) is 5.14. The number of carbonyl (C=O) groups is 1. The van der Waals surface area contributed by atoms with Gasteiger partial charge in [0.15, 0.2) is 11.9 Å². The van der Waals surface area contributed by atoms with E-state index in [1.807, 2.05) is 39.5 Å². The molecule has 1 aromatic carbocycles. The summed E-state index contributed by atoms with van der Waals surface area (Å²) >= 11 is 11.0. The van der Waals surface area contributed by atoms with Crippen LogP contribution >= 0.6 is 23.2 Å². The average Bonchev–Trinajstić information content (AvgIpc) is 3.41.